The normalized spacial score (nSPS) is 14.4. The van der Waals surface area contributed by atoms with Gasteiger partial charge < -0.3 is 20.1 Å². The highest BCUT2D eigenvalue weighted by molar-refractivity contribution is 5.66. The molecule has 2 rings (SSSR count). The fraction of sp³-hybridized carbons (Fsp3) is 0.559. The Labute approximate surface area is 235 Å². The van der Waals surface area contributed by atoms with Crippen LogP contribution in [-0.2, 0) is 10.2 Å². The topological polar surface area (TPSA) is 87.0 Å². The minimum atomic E-state index is -0.922. The molecule has 0 bridgehead atoms. The van der Waals surface area contributed by atoms with Gasteiger partial charge in [-0.25, -0.2) is 0 Å². The second-order valence-corrected chi connectivity index (χ2v) is 11.0. The van der Waals surface area contributed by atoms with Gasteiger partial charge in [0.1, 0.15) is 12.4 Å². The third-order valence-corrected chi connectivity index (χ3v) is 8.28. The minimum Gasteiger partial charge on any atom is -0.491 e. The molecule has 5 heteroatoms. The van der Waals surface area contributed by atoms with Crippen molar-refractivity contribution in [2.24, 2.45) is 0 Å². The van der Waals surface area contributed by atoms with E-state index in [2.05, 4.69) is 64.1 Å². The van der Waals surface area contributed by atoms with E-state index >= 15 is 0 Å². The number of carbonyl (C=O) groups is 1. The lowest BCUT2D eigenvalue weighted by Crippen LogP contribution is -2.26. The molecule has 0 fully saturated rings. The monoisotopic (exact) mass is 538 g/mol. The largest absolute Gasteiger partial charge is 0.491 e. The molecule has 0 amide bonds. The van der Waals surface area contributed by atoms with Crippen LogP contribution in [0.5, 0.6) is 5.75 Å². The molecule has 5 nitrogen and oxygen atoms in total. The molecule has 0 saturated heterocycles. The van der Waals surface area contributed by atoms with E-state index in [1.807, 2.05) is 26.0 Å². The number of hydrogen-bond acceptors (Lipinski definition) is 4. The molecule has 0 aliphatic rings. The van der Waals surface area contributed by atoms with Gasteiger partial charge >= 0.3 is 5.97 Å². The van der Waals surface area contributed by atoms with E-state index in [0.717, 1.165) is 49.7 Å². The Morgan fingerprint density at radius 1 is 0.949 bits per heavy atom. The summed E-state index contributed by atoms with van der Waals surface area (Å²) in [5.74, 6) is -0.220. The second kappa shape index (κ2) is 15.2. The third kappa shape index (κ3) is 8.94. The molecular weight excluding hydrogens is 488 g/mol. The molecule has 39 heavy (non-hydrogen) atoms. The van der Waals surface area contributed by atoms with Gasteiger partial charge in [0.05, 0.1) is 11.7 Å². The molecule has 2 aromatic carbocycles. The van der Waals surface area contributed by atoms with Crippen LogP contribution >= 0.6 is 0 Å². The lowest BCUT2D eigenvalue weighted by molar-refractivity contribution is -0.137. The molecule has 2 aromatic rings. The second-order valence-electron chi connectivity index (χ2n) is 11.0. The summed E-state index contributed by atoms with van der Waals surface area (Å²) in [6.45, 7) is 12.9. The third-order valence-electron chi connectivity index (χ3n) is 8.28. The Morgan fingerprint density at radius 2 is 1.59 bits per heavy atom. The summed E-state index contributed by atoms with van der Waals surface area (Å²) < 4.78 is 5.83. The average Bonchev–Trinajstić information content (AvgIpc) is 2.92. The smallest absolute Gasteiger partial charge is 0.303 e. The molecule has 0 heterocycles. The Kier molecular flexibility index (Phi) is 12.7. The zero-order valence-corrected chi connectivity index (χ0v) is 24.9. The zero-order chi connectivity index (χ0) is 29.1. The van der Waals surface area contributed by atoms with E-state index in [0.29, 0.717) is 12.2 Å². The fourth-order valence-corrected chi connectivity index (χ4v) is 5.37. The summed E-state index contributed by atoms with van der Waals surface area (Å²) in [4.78, 5) is 10.7. The molecule has 0 spiro atoms. The van der Waals surface area contributed by atoms with Crippen molar-refractivity contribution < 1.29 is 24.9 Å². The van der Waals surface area contributed by atoms with Gasteiger partial charge in [0, 0.05) is 11.8 Å². The van der Waals surface area contributed by atoms with E-state index in [1.165, 1.54) is 16.7 Å². The van der Waals surface area contributed by atoms with Gasteiger partial charge in [0.15, 0.2) is 0 Å². The van der Waals surface area contributed by atoms with E-state index in [4.69, 9.17) is 9.84 Å². The Morgan fingerprint density at radius 3 is 2.13 bits per heavy atom. The maximum atomic E-state index is 11.0. The lowest BCUT2D eigenvalue weighted by atomic mass is 9.70. The highest BCUT2D eigenvalue weighted by atomic mass is 16.5. The number of unbranched alkanes of at least 4 members (excludes halogenated alkanes) is 2. The predicted molar refractivity (Wildman–Crippen MR) is 161 cm³/mol. The first kappa shape index (κ1) is 32.6. The number of aliphatic carboxylic acids is 1. The SMILES string of the molecule is CCCCCC(O)(/C=C/c1ccc(C(CC)(CC)c2ccc(OC[C@@H](O)CCC(=O)O)c(C)c2)cc1C)CC. The summed E-state index contributed by atoms with van der Waals surface area (Å²) in [7, 11) is 0. The average molecular weight is 539 g/mol. The first-order valence-electron chi connectivity index (χ1n) is 14.7. The standard InChI is InChI=1S/C34H50O5/c1-7-11-12-20-33(38,8-2)21-19-27-13-14-28(22-25(27)5)34(9-3,10-4)29-15-17-31(26(6)23-29)39-24-30(35)16-18-32(36)37/h13-15,17,19,21-23,30,35,38H,7-12,16,18,20,24H2,1-6H3,(H,36,37)/b21-19+/t30-,33?/m0/s1. The van der Waals surface area contributed by atoms with Crippen molar-refractivity contribution in [2.45, 2.75) is 116 Å². The van der Waals surface area contributed by atoms with Crippen LogP contribution in [0.25, 0.3) is 6.08 Å². The van der Waals surface area contributed by atoms with Crippen LogP contribution in [0, 0.1) is 13.8 Å². The summed E-state index contributed by atoms with van der Waals surface area (Å²) in [6, 6.07) is 12.9. The van der Waals surface area contributed by atoms with Crippen LogP contribution in [0.1, 0.15) is 113 Å². The van der Waals surface area contributed by atoms with Crippen molar-refractivity contribution in [1.29, 1.82) is 0 Å². The predicted octanol–water partition coefficient (Wildman–Crippen LogP) is 7.75. The van der Waals surface area contributed by atoms with E-state index < -0.39 is 17.7 Å². The van der Waals surface area contributed by atoms with E-state index in [1.54, 1.807) is 0 Å². The maximum absolute atomic E-state index is 11.0. The summed E-state index contributed by atoms with van der Waals surface area (Å²) >= 11 is 0. The van der Waals surface area contributed by atoms with Gasteiger partial charge in [-0.1, -0.05) is 89.4 Å². The van der Waals surface area contributed by atoms with E-state index in [9.17, 15) is 15.0 Å². The molecular formula is C34H50O5. The number of aryl methyl sites for hydroxylation is 2. The lowest BCUT2D eigenvalue weighted by Gasteiger charge is -2.34. The first-order valence-corrected chi connectivity index (χ1v) is 14.7. The Hall–Kier alpha value is -2.63. The molecule has 0 aliphatic carbocycles. The van der Waals surface area contributed by atoms with Crippen molar-refractivity contribution in [2.75, 3.05) is 6.61 Å². The van der Waals surface area contributed by atoms with Gasteiger partial charge in [-0.2, -0.15) is 0 Å². The van der Waals surface area contributed by atoms with E-state index in [-0.39, 0.29) is 24.9 Å². The van der Waals surface area contributed by atoms with Gasteiger partial charge in [0.25, 0.3) is 0 Å². The molecule has 0 aliphatic heterocycles. The molecule has 0 aromatic heterocycles. The molecule has 1 unspecified atom stereocenters. The first-order chi connectivity index (χ1) is 18.5. The van der Waals surface area contributed by atoms with Gasteiger partial charge in [-0.05, 0) is 79.8 Å². The van der Waals surface area contributed by atoms with Crippen LogP contribution in [0.4, 0.5) is 0 Å². The van der Waals surface area contributed by atoms with Crippen molar-refractivity contribution >= 4 is 12.0 Å². The van der Waals surface area contributed by atoms with Crippen LogP contribution < -0.4 is 4.74 Å². The fourth-order valence-electron chi connectivity index (χ4n) is 5.37. The quantitative estimate of drug-likeness (QED) is 0.179. The number of carboxylic acids is 1. The number of ether oxygens (including phenoxy) is 1. The van der Waals surface area contributed by atoms with Crippen molar-refractivity contribution in [3.05, 3.63) is 70.3 Å². The number of carboxylic acid groups (broad SMARTS) is 1. The molecule has 3 N–H and O–H groups in total. The molecule has 216 valence electrons. The Balaban J connectivity index is 2.27. The van der Waals surface area contributed by atoms with Gasteiger partial charge in [0.2, 0.25) is 0 Å². The maximum Gasteiger partial charge on any atom is 0.303 e. The summed E-state index contributed by atoms with van der Waals surface area (Å²) in [5, 5.41) is 29.9. The Bertz CT molecular complexity index is 1080. The summed E-state index contributed by atoms with van der Waals surface area (Å²) in [6.07, 6.45) is 10.0. The number of aliphatic hydroxyl groups excluding tert-OH is 1. The number of benzene rings is 2. The van der Waals surface area contributed by atoms with Crippen molar-refractivity contribution in [1.82, 2.24) is 0 Å². The van der Waals surface area contributed by atoms with Crippen LogP contribution in [0.15, 0.2) is 42.5 Å². The molecule has 0 saturated carbocycles. The number of hydrogen-bond donors (Lipinski definition) is 3. The van der Waals surface area contributed by atoms with Crippen molar-refractivity contribution in [3.8, 4) is 5.75 Å². The zero-order valence-electron chi connectivity index (χ0n) is 24.9. The number of aliphatic hydroxyl groups is 2. The van der Waals surface area contributed by atoms with Crippen LogP contribution in [0.2, 0.25) is 0 Å². The van der Waals surface area contributed by atoms with Gasteiger partial charge in [-0.15, -0.1) is 0 Å². The van der Waals surface area contributed by atoms with Crippen LogP contribution in [-0.4, -0.2) is 39.6 Å². The highest BCUT2D eigenvalue weighted by Gasteiger charge is 2.31. The number of rotatable bonds is 17. The summed E-state index contributed by atoms with van der Waals surface area (Å²) in [5.41, 5.74) is 4.89. The van der Waals surface area contributed by atoms with Gasteiger partial charge in [-0.3, -0.25) is 4.79 Å². The van der Waals surface area contributed by atoms with Crippen LogP contribution in [0.3, 0.4) is 0 Å². The molecule has 0 radical (unpaired) electrons. The highest BCUT2D eigenvalue weighted by Crippen LogP contribution is 2.41. The molecule has 2 atom stereocenters. The minimum absolute atomic E-state index is 0.0695. The van der Waals surface area contributed by atoms with Crippen molar-refractivity contribution in [3.63, 3.8) is 0 Å².